The third-order valence-electron chi connectivity index (χ3n) is 5.38. The lowest BCUT2D eigenvalue weighted by Crippen LogP contribution is -2.20. The molecule has 12 nitrogen and oxygen atoms in total. The normalized spacial score (nSPS) is 11.3. The number of hydrazone groups is 1. The number of nitro benzene ring substituents is 1. The summed E-state index contributed by atoms with van der Waals surface area (Å²) >= 11 is 13.8. The molecule has 0 saturated carbocycles. The monoisotopic (exact) mass is 581 g/mol. The molecule has 0 fully saturated rings. The number of fused-ring (bicyclic) bond motifs is 1. The maximum absolute atomic E-state index is 12.5. The van der Waals surface area contributed by atoms with Crippen LogP contribution in [0.15, 0.2) is 77.0 Å². The van der Waals surface area contributed by atoms with Crippen LogP contribution in [-0.4, -0.2) is 52.6 Å². The standard InChI is InChI=1S/C24H17Cl2N9O3S/c25-16-8-9-20(18(26)11-16)34-22(13-33-21-7-2-1-6-19(21)28-32-33)29-31-24(34)39-14-23(36)30-27-12-15-4-3-5-17(10-15)35(37)38/h1-12H,13-14H2,(H,30,36)/b27-12+. The second kappa shape index (κ2) is 11.6. The number of nitrogens with zero attached hydrogens (tertiary/aromatic N) is 8. The number of hydrogen-bond acceptors (Lipinski definition) is 9. The average Bonchev–Trinajstić information content (AvgIpc) is 3.52. The van der Waals surface area contributed by atoms with E-state index < -0.39 is 10.8 Å². The second-order valence-corrected chi connectivity index (χ2v) is 9.79. The number of carbonyl (C=O) groups is 1. The van der Waals surface area contributed by atoms with Crippen LogP contribution in [0.4, 0.5) is 5.69 Å². The Morgan fingerprint density at radius 3 is 2.74 bits per heavy atom. The van der Waals surface area contributed by atoms with Crippen LogP contribution in [0.3, 0.4) is 0 Å². The molecule has 0 unspecified atom stereocenters. The van der Waals surface area contributed by atoms with Gasteiger partial charge in [-0.05, 0) is 30.3 Å². The summed E-state index contributed by atoms with van der Waals surface area (Å²) in [7, 11) is 0. The number of para-hydroxylation sites is 1. The number of nitro groups is 1. The fourth-order valence-corrected chi connectivity index (χ4v) is 4.88. The van der Waals surface area contributed by atoms with Gasteiger partial charge in [0.2, 0.25) is 0 Å². The van der Waals surface area contributed by atoms with E-state index in [4.69, 9.17) is 23.2 Å². The Labute approximate surface area is 234 Å². The minimum atomic E-state index is -0.505. The fourth-order valence-electron chi connectivity index (χ4n) is 3.63. The van der Waals surface area contributed by atoms with Crippen LogP contribution in [-0.2, 0) is 11.3 Å². The van der Waals surface area contributed by atoms with Gasteiger partial charge in [0.15, 0.2) is 11.0 Å². The maximum Gasteiger partial charge on any atom is 0.270 e. The number of halogens is 2. The molecule has 0 radical (unpaired) electrons. The van der Waals surface area contributed by atoms with Gasteiger partial charge >= 0.3 is 0 Å². The zero-order valence-electron chi connectivity index (χ0n) is 19.8. The first-order valence-corrected chi connectivity index (χ1v) is 13.0. The number of rotatable bonds is 9. The van der Waals surface area contributed by atoms with Gasteiger partial charge in [0.25, 0.3) is 11.6 Å². The number of nitrogens with one attached hydrogen (secondary N) is 1. The predicted octanol–water partition coefficient (Wildman–Crippen LogP) is 4.52. The van der Waals surface area contributed by atoms with Crippen LogP contribution < -0.4 is 5.43 Å². The maximum atomic E-state index is 12.5. The van der Waals surface area contributed by atoms with Crippen molar-refractivity contribution in [1.82, 2.24) is 35.2 Å². The molecule has 15 heteroatoms. The first-order valence-electron chi connectivity index (χ1n) is 11.3. The minimum Gasteiger partial charge on any atom is -0.272 e. The summed E-state index contributed by atoms with van der Waals surface area (Å²) in [6, 6.07) is 18.5. The van der Waals surface area contributed by atoms with Crippen LogP contribution in [0.5, 0.6) is 0 Å². The molecule has 3 aromatic carbocycles. The zero-order chi connectivity index (χ0) is 27.4. The van der Waals surface area contributed by atoms with Gasteiger partial charge in [0, 0.05) is 22.7 Å². The first kappa shape index (κ1) is 26.3. The number of amides is 1. The van der Waals surface area contributed by atoms with Crippen LogP contribution >= 0.6 is 35.0 Å². The molecule has 0 spiro atoms. The number of aromatic nitrogens is 6. The van der Waals surface area contributed by atoms with E-state index in [2.05, 4.69) is 31.0 Å². The Balaban J connectivity index is 1.35. The van der Waals surface area contributed by atoms with Crippen molar-refractivity contribution in [3.8, 4) is 5.69 Å². The molecule has 2 heterocycles. The molecule has 1 amide bonds. The van der Waals surface area contributed by atoms with Gasteiger partial charge in [0.05, 0.1) is 33.1 Å². The second-order valence-electron chi connectivity index (χ2n) is 8.00. The molecule has 0 bridgehead atoms. The van der Waals surface area contributed by atoms with Crippen molar-refractivity contribution in [2.24, 2.45) is 5.10 Å². The molecule has 5 aromatic rings. The van der Waals surface area contributed by atoms with Gasteiger partial charge in [-0.1, -0.05) is 64.4 Å². The largest absolute Gasteiger partial charge is 0.272 e. The number of carbonyl (C=O) groups excluding carboxylic acids is 1. The van der Waals surface area contributed by atoms with Crippen molar-refractivity contribution >= 4 is 63.8 Å². The number of non-ortho nitro benzene ring substituents is 1. The fraction of sp³-hybridized carbons (Fsp3) is 0.0833. The van der Waals surface area contributed by atoms with Crippen LogP contribution in [0.2, 0.25) is 10.0 Å². The summed E-state index contributed by atoms with van der Waals surface area (Å²) in [5.41, 5.74) is 4.95. The van der Waals surface area contributed by atoms with Crippen LogP contribution in [0, 0.1) is 10.1 Å². The smallest absolute Gasteiger partial charge is 0.270 e. The molecular weight excluding hydrogens is 565 g/mol. The lowest BCUT2D eigenvalue weighted by molar-refractivity contribution is -0.384. The van der Waals surface area contributed by atoms with Crippen molar-refractivity contribution in [3.63, 3.8) is 0 Å². The van der Waals surface area contributed by atoms with E-state index in [1.165, 1.54) is 24.4 Å². The summed E-state index contributed by atoms with van der Waals surface area (Å²) in [5, 5.41) is 33.1. The highest BCUT2D eigenvalue weighted by atomic mass is 35.5. The molecule has 1 N–H and O–H groups in total. The molecule has 196 valence electrons. The third kappa shape index (κ3) is 6.06. The molecule has 0 saturated heterocycles. The highest BCUT2D eigenvalue weighted by molar-refractivity contribution is 7.99. The Morgan fingerprint density at radius 2 is 1.92 bits per heavy atom. The van der Waals surface area contributed by atoms with Gasteiger partial charge in [-0.25, -0.2) is 10.1 Å². The van der Waals surface area contributed by atoms with Gasteiger partial charge in [-0.2, -0.15) is 5.10 Å². The van der Waals surface area contributed by atoms with Crippen molar-refractivity contribution in [1.29, 1.82) is 0 Å². The highest BCUT2D eigenvalue weighted by Crippen LogP contribution is 2.30. The molecule has 0 aliphatic rings. The van der Waals surface area contributed by atoms with Crippen molar-refractivity contribution in [3.05, 3.63) is 98.3 Å². The molecule has 0 aliphatic heterocycles. The Bertz CT molecular complexity index is 1720. The van der Waals surface area contributed by atoms with E-state index in [1.54, 1.807) is 33.5 Å². The van der Waals surface area contributed by atoms with E-state index in [-0.39, 0.29) is 18.0 Å². The molecule has 0 aliphatic carbocycles. The summed E-state index contributed by atoms with van der Waals surface area (Å²) in [4.78, 5) is 22.9. The van der Waals surface area contributed by atoms with E-state index in [1.807, 2.05) is 24.3 Å². The van der Waals surface area contributed by atoms with Crippen LogP contribution in [0.1, 0.15) is 11.4 Å². The summed E-state index contributed by atoms with van der Waals surface area (Å²) in [6.45, 7) is 0.243. The van der Waals surface area contributed by atoms with Gasteiger partial charge in [-0.3, -0.25) is 19.5 Å². The third-order valence-corrected chi connectivity index (χ3v) is 6.85. The molecule has 39 heavy (non-hydrogen) atoms. The van der Waals surface area contributed by atoms with Crippen molar-refractivity contribution in [2.45, 2.75) is 11.7 Å². The Hall–Kier alpha value is -4.33. The molecule has 2 aromatic heterocycles. The van der Waals surface area contributed by atoms with Gasteiger partial charge in [-0.15, -0.1) is 15.3 Å². The van der Waals surface area contributed by atoms with Crippen LogP contribution in [0.25, 0.3) is 16.7 Å². The molecule has 0 atom stereocenters. The SMILES string of the molecule is O=C(CSc1nnc(Cn2nnc3ccccc32)n1-c1ccc(Cl)cc1Cl)N/N=C/c1cccc([N+](=O)[O-])c1. The summed E-state index contributed by atoms with van der Waals surface area (Å²) in [6.07, 6.45) is 1.33. The first-order chi connectivity index (χ1) is 18.9. The summed E-state index contributed by atoms with van der Waals surface area (Å²) in [5.74, 6) is 0.0609. The van der Waals surface area contributed by atoms with Gasteiger partial charge < -0.3 is 0 Å². The van der Waals surface area contributed by atoms with Crippen molar-refractivity contribution in [2.75, 3.05) is 5.75 Å². The van der Waals surface area contributed by atoms with Gasteiger partial charge in [0.1, 0.15) is 12.1 Å². The molecular formula is C24H17Cl2N9O3S. The lowest BCUT2D eigenvalue weighted by atomic mass is 10.2. The van der Waals surface area contributed by atoms with E-state index in [0.717, 1.165) is 22.8 Å². The predicted molar refractivity (Wildman–Crippen MR) is 148 cm³/mol. The quantitative estimate of drug-likeness (QED) is 0.116. The number of thioether (sulfide) groups is 1. The topological polar surface area (TPSA) is 146 Å². The Kier molecular flexibility index (Phi) is 7.81. The summed E-state index contributed by atoms with van der Waals surface area (Å²) < 4.78 is 3.43. The average molecular weight is 582 g/mol. The highest BCUT2D eigenvalue weighted by Gasteiger charge is 2.19. The number of hydrogen-bond donors (Lipinski definition) is 1. The number of benzene rings is 3. The molecule has 5 rings (SSSR count). The Morgan fingerprint density at radius 1 is 1.08 bits per heavy atom. The van der Waals surface area contributed by atoms with E-state index in [9.17, 15) is 14.9 Å². The van der Waals surface area contributed by atoms with E-state index >= 15 is 0 Å². The lowest BCUT2D eigenvalue weighted by Gasteiger charge is -2.12. The van der Waals surface area contributed by atoms with E-state index in [0.29, 0.717) is 32.3 Å². The minimum absolute atomic E-state index is 0.0398. The zero-order valence-corrected chi connectivity index (χ0v) is 22.1. The van der Waals surface area contributed by atoms with Crippen molar-refractivity contribution < 1.29 is 9.72 Å².